The van der Waals surface area contributed by atoms with E-state index in [-0.39, 0.29) is 0 Å². The van der Waals surface area contributed by atoms with Crippen LogP contribution in [0.1, 0.15) is 76.4 Å². The van der Waals surface area contributed by atoms with Gasteiger partial charge in [0.15, 0.2) is 0 Å². The van der Waals surface area contributed by atoms with Gasteiger partial charge in [-0.1, -0.05) is 57.8 Å². The lowest BCUT2D eigenvalue weighted by Gasteiger charge is -2.08. The molecule has 1 rings (SSSR count). The summed E-state index contributed by atoms with van der Waals surface area (Å²) in [6.45, 7) is 1.25. The van der Waals surface area contributed by atoms with Gasteiger partial charge in [0.25, 0.3) is 0 Å². The molecule has 2 heteroatoms. The van der Waals surface area contributed by atoms with Crippen molar-refractivity contribution in [1.82, 2.24) is 4.90 Å². The zero-order valence-electron chi connectivity index (χ0n) is 14.3. The lowest BCUT2D eigenvalue weighted by atomic mass is 10.0. The van der Waals surface area contributed by atoms with Crippen molar-refractivity contribution in [3.63, 3.8) is 0 Å². The minimum absolute atomic E-state index is 1.11. The Morgan fingerprint density at radius 2 is 1.29 bits per heavy atom. The average Bonchev–Trinajstić information content (AvgIpc) is 2.97. The quantitative estimate of drug-likeness (QED) is 0.411. The van der Waals surface area contributed by atoms with E-state index in [2.05, 4.69) is 25.1 Å². The van der Waals surface area contributed by atoms with Gasteiger partial charge in [0, 0.05) is 6.42 Å². The van der Waals surface area contributed by atoms with Crippen molar-refractivity contribution in [3.8, 4) is 0 Å². The Labute approximate surface area is 131 Å². The van der Waals surface area contributed by atoms with Crippen molar-refractivity contribution in [2.24, 2.45) is 0 Å². The molecule has 0 N–H and O–H groups in total. The third-order valence-electron chi connectivity index (χ3n) is 4.11. The van der Waals surface area contributed by atoms with Crippen molar-refractivity contribution >= 4 is 0 Å². The number of hydrogen-bond donors (Lipinski definition) is 0. The number of hydrogen-bond acceptors (Lipinski definition) is 2. The van der Waals surface area contributed by atoms with Crippen molar-refractivity contribution in [2.45, 2.75) is 77.0 Å². The minimum Gasteiger partial charge on any atom is -0.469 e. The van der Waals surface area contributed by atoms with Crippen molar-refractivity contribution in [3.05, 3.63) is 24.2 Å². The Morgan fingerprint density at radius 1 is 0.762 bits per heavy atom. The maximum Gasteiger partial charge on any atom is 0.103 e. The van der Waals surface area contributed by atoms with Gasteiger partial charge in [-0.3, -0.25) is 0 Å². The predicted octanol–water partition coefficient (Wildman–Crippen LogP) is 5.67. The van der Waals surface area contributed by atoms with Crippen LogP contribution in [0.2, 0.25) is 0 Å². The average molecular weight is 293 g/mol. The molecule has 1 aromatic rings. The first-order chi connectivity index (χ1) is 10.3. The Kier molecular flexibility index (Phi) is 11.3. The standard InChI is InChI=1S/C19H35NO/c1-20(2)17-13-11-9-7-5-3-4-6-8-10-12-15-19-16-14-18-21-19/h14,16,18H,3-13,15,17H2,1-2H3. The highest BCUT2D eigenvalue weighted by atomic mass is 16.3. The monoisotopic (exact) mass is 293 g/mol. The van der Waals surface area contributed by atoms with Crippen LogP contribution in [0.15, 0.2) is 22.8 Å². The van der Waals surface area contributed by atoms with E-state index in [0.29, 0.717) is 0 Å². The molecule has 0 fully saturated rings. The van der Waals surface area contributed by atoms with E-state index in [0.717, 1.165) is 12.2 Å². The fourth-order valence-electron chi connectivity index (χ4n) is 2.77. The Balaban J connectivity index is 1.71. The molecule has 0 aliphatic rings. The van der Waals surface area contributed by atoms with Gasteiger partial charge < -0.3 is 9.32 Å². The molecule has 122 valence electrons. The summed E-state index contributed by atoms with van der Waals surface area (Å²) in [6, 6.07) is 4.06. The summed E-state index contributed by atoms with van der Waals surface area (Å²) in [7, 11) is 4.32. The Bertz CT molecular complexity index is 305. The van der Waals surface area contributed by atoms with Crippen molar-refractivity contribution < 1.29 is 4.42 Å². The second kappa shape index (κ2) is 12.9. The largest absolute Gasteiger partial charge is 0.469 e. The second-order valence-electron chi connectivity index (χ2n) is 6.52. The number of nitrogens with zero attached hydrogens (tertiary/aromatic N) is 1. The fourth-order valence-corrected chi connectivity index (χ4v) is 2.77. The lowest BCUT2D eigenvalue weighted by Crippen LogP contribution is -2.12. The Morgan fingerprint density at radius 3 is 1.76 bits per heavy atom. The van der Waals surface area contributed by atoms with Crippen LogP contribution in [0, 0.1) is 0 Å². The summed E-state index contributed by atoms with van der Waals surface area (Å²) < 4.78 is 5.34. The molecule has 0 bridgehead atoms. The first-order valence-electron chi connectivity index (χ1n) is 8.96. The summed E-state index contributed by atoms with van der Waals surface area (Å²) in [4.78, 5) is 2.28. The molecule has 1 aromatic heterocycles. The van der Waals surface area contributed by atoms with E-state index >= 15 is 0 Å². The van der Waals surface area contributed by atoms with E-state index in [4.69, 9.17) is 4.42 Å². The van der Waals surface area contributed by atoms with Gasteiger partial charge in [0.05, 0.1) is 6.26 Å². The van der Waals surface area contributed by atoms with Gasteiger partial charge in [0.1, 0.15) is 5.76 Å². The van der Waals surface area contributed by atoms with Gasteiger partial charge in [-0.05, 0) is 45.6 Å². The molecule has 0 unspecified atom stereocenters. The van der Waals surface area contributed by atoms with Crippen LogP contribution in [-0.2, 0) is 6.42 Å². The van der Waals surface area contributed by atoms with Crippen LogP contribution < -0.4 is 0 Å². The number of furan rings is 1. The van der Waals surface area contributed by atoms with Gasteiger partial charge in [0.2, 0.25) is 0 Å². The van der Waals surface area contributed by atoms with Crippen LogP contribution in [0.3, 0.4) is 0 Å². The lowest BCUT2D eigenvalue weighted by molar-refractivity contribution is 0.389. The summed E-state index contributed by atoms with van der Waals surface area (Å²) in [6.07, 6.45) is 18.3. The van der Waals surface area contributed by atoms with Crippen LogP contribution >= 0.6 is 0 Å². The molecule has 0 aromatic carbocycles. The topological polar surface area (TPSA) is 16.4 Å². The molecule has 0 saturated heterocycles. The van der Waals surface area contributed by atoms with Gasteiger partial charge in [-0.15, -0.1) is 0 Å². The highest BCUT2D eigenvalue weighted by Gasteiger charge is 1.96. The van der Waals surface area contributed by atoms with Crippen LogP contribution in [0.5, 0.6) is 0 Å². The molecule has 21 heavy (non-hydrogen) atoms. The second-order valence-corrected chi connectivity index (χ2v) is 6.52. The molecular formula is C19H35NO. The zero-order valence-corrected chi connectivity index (χ0v) is 14.3. The normalized spacial score (nSPS) is 11.4. The van der Waals surface area contributed by atoms with Gasteiger partial charge >= 0.3 is 0 Å². The van der Waals surface area contributed by atoms with Gasteiger partial charge in [-0.25, -0.2) is 0 Å². The maximum atomic E-state index is 5.34. The molecule has 0 saturated carbocycles. The highest BCUT2D eigenvalue weighted by molar-refractivity contribution is 4.97. The van der Waals surface area contributed by atoms with Crippen molar-refractivity contribution in [1.29, 1.82) is 0 Å². The van der Waals surface area contributed by atoms with Crippen LogP contribution in [0.4, 0.5) is 0 Å². The summed E-state index contributed by atoms with van der Waals surface area (Å²) in [5.41, 5.74) is 0. The molecule has 0 atom stereocenters. The van der Waals surface area contributed by atoms with E-state index in [9.17, 15) is 0 Å². The molecule has 0 spiro atoms. The third-order valence-corrected chi connectivity index (χ3v) is 4.11. The molecule has 0 aliphatic heterocycles. The third kappa shape index (κ3) is 11.6. The summed E-state index contributed by atoms with van der Waals surface area (Å²) in [5, 5.41) is 0. The van der Waals surface area contributed by atoms with Crippen LogP contribution in [-0.4, -0.2) is 25.5 Å². The first-order valence-corrected chi connectivity index (χ1v) is 8.96. The predicted molar refractivity (Wildman–Crippen MR) is 91.8 cm³/mol. The molecule has 2 nitrogen and oxygen atoms in total. The SMILES string of the molecule is CN(C)CCCCCCCCCCCCCc1ccco1. The fraction of sp³-hybridized carbons (Fsp3) is 0.789. The Hall–Kier alpha value is -0.760. The first kappa shape index (κ1) is 18.3. The summed E-state index contributed by atoms with van der Waals surface area (Å²) in [5.74, 6) is 1.14. The van der Waals surface area contributed by atoms with E-state index in [1.165, 1.54) is 77.2 Å². The summed E-state index contributed by atoms with van der Waals surface area (Å²) >= 11 is 0. The van der Waals surface area contributed by atoms with Crippen molar-refractivity contribution in [2.75, 3.05) is 20.6 Å². The van der Waals surface area contributed by atoms with E-state index in [1.54, 1.807) is 6.26 Å². The molecule has 0 radical (unpaired) electrons. The maximum absolute atomic E-state index is 5.34. The van der Waals surface area contributed by atoms with Crippen LogP contribution in [0.25, 0.3) is 0 Å². The molecule has 0 aliphatic carbocycles. The van der Waals surface area contributed by atoms with Gasteiger partial charge in [-0.2, -0.15) is 0 Å². The van der Waals surface area contributed by atoms with E-state index < -0.39 is 0 Å². The number of rotatable bonds is 14. The molecule has 1 heterocycles. The zero-order chi connectivity index (χ0) is 15.2. The smallest absolute Gasteiger partial charge is 0.103 e. The molecule has 0 amide bonds. The molecular weight excluding hydrogens is 258 g/mol. The highest BCUT2D eigenvalue weighted by Crippen LogP contribution is 2.13. The number of unbranched alkanes of at least 4 members (excludes halogenated alkanes) is 10. The number of aryl methyl sites for hydroxylation is 1. The minimum atomic E-state index is 1.11. The van der Waals surface area contributed by atoms with E-state index in [1.807, 2.05) is 6.07 Å².